The molecule has 4 atom stereocenters. The summed E-state index contributed by atoms with van der Waals surface area (Å²) in [5.74, 6) is -3.11. The summed E-state index contributed by atoms with van der Waals surface area (Å²) in [7, 11) is 1.52. The minimum atomic E-state index is -0.741. The van der Waals surface area contributed by atoms with Gasteiger partial charge >= 0.3 is 0 Å². The number of carbonyl (C=O) groups excluding carboxylic acids is 4. The quantitative estimate of drug-likeness (QED) is 0.330. The number of rotatable bonds is 4. The van der Waals surface area contributed by atoms with Gasteiger partial charge in [-0.2, -0.15) is 0 Å². The summed E-state index contributed by atoms with van der Waals surface area (Å²) >= 11 is 0. The molecule has 1 N–H and O–H groups in total. The Bertz CT molecular complexity index is 1660. The highest BCUT2D eigenvalue weighted by Gasteiger charge is 2.56. The number of allylic oxidation sites excluding steroid dienone is 6. The van der Waals surface area contributed by atoms with Gasteiger partial charge in [0.1, 0.15) is 11.5 Å². The number of hydrogen-bond acceptors (Lipinski definition) is 8. The molecule has 220 valence electrons. The standard InChI is InChI=1S/C34H32N2O7/c1-18-15-28(38)26-17-24-22(29(31(26)32(18)39)25-16-21(42-2)7-10-27(25)37)8-9-23-30(24)34(41)36(33(23)40)20-5-3-19(4-6-20)35-11-13-43-14-12-35/h3-8,10,15-16,23-24,29-30,37H,9,11-14,17H2,1-2H3. The van der Waals surface area contributed by atoms with Crippen LogP contribution in [0.4, 0.5) is 11.4 Å². The van der Waals surface area contributed by atoms with Crippen LogP contribution in [-0.4, -0.2) is 61.9 Å². The van der Waals surface area contributed by atoms with E-state index in [4.69, 9.17) is 9.47 Å². The Balaban J connectivity index is 1.28. The van der Waals surface area contributed by atoms with Gasteiger partial charge in [0.15, 0.2) is 11.6 Å². The molecule has 2 aromatic carbocycles. The Kier molecular flexibility index (Phi) is 6.58. The highest BCUT2D eigenvalue weighted by atomic mass is 16.5. The van der Waals surface area contributed by atoms with E-state index in [0.29, 0.717) is 53.4 Å². The molecule has 0 bridgehead atoms. The van der Waals surface area contributed by atoms with Crippen molar-refractivity contribution >= 4 is 34.8 Å². The van der Waals surface area contributed by atoms with Crippen LogP contribution < -0.4 is 14.5 Å². The van der Waals surface area contributed by atoms with Crippen molar-refractivity contribution in [1.29, 1.82) is 0 Å². The number of benzene rings is 2. The van der Waals surface area contributed by atoms with E-state index in [2.05, 4.69) is 4.90 Å². The SMILES string of the molecule is COc1ccc(O)c(C2C3=CCC4C(=O)N(c5ccc(N6CCOCC6)cc5)C(=O)C4C3CC3=C2C(=O)C(C)=CC3=O)c1. The largest absolute Gasteiger partial charge is 0.508 e. The third-order valence-electron chi connectivity index (χ3n) is 9.59. The Labute approximate surface area is 249 Å². The lowest BCUT2D eigenvalue weighted by molar-refractivity contribution is -0.123. The molecule has 2 fully saturated rings. The van der Waals surface area contributed by atoms with Crippen molar-refractivity contribution in [3.05, 3.63) is 82.5 Å². The van der Waals surface area contributed by atoms with Gasteiger partial charge in [0.05, 0.1) is 37.8 Å². The van der Waals surface area contributed by atoms with Crippen LogP contribution in [0.3, 0.4) is 0 Å². The lowest BCUT2D eigenvalue weighted by Crippen LogP contribution is -2.39. The van der Waals surface area contributed by atoms with Crippen molar-refractivity contribution in [2.75, 3.05) is 43.2 Å². The molecule has 2 saturated heterocycles. The lowest BCUT2D eigenvalue weighted by Gasteiger charge is -2.42. The summed E-state index contributed by atoms with van der Waals surface area (Å²) < 4.78 is 10.9. The molecule has 43 heavy (non-hydrogen) atoms. The summed E-state index contributed by atoms with van der Waals surface area (Å²) in [6.07, 6.45) is 3.80. The molecular formula is C34H32N2O7. The maximum absolute atomic E-state index is 14.2. The number of nitrogens with zero attached hydrogens (tertiary/aromatic N) is 2. The van der Waals surface area contributed by atoms with Crippen LogP contribution in [-0.2, 0) is 23.9 Å². The molecule has 5 aliphatic rings. The van der Waals surface area contributed by atoms with Crippen LogP contribution in [0.15, 0.2) is 76.9 Å². The van der Waals surface area contributed by atoms with E-state index >= 15 is 0 Å². The third-order valence-corrected chi connectivity index (χ3v) is 9.59. The second kappa shape index (κ2) is 10.3. The average molecular weight is 581 g/mol. The number of phenolic OH excluding ortho intramolecular Hbond substituents is 1. The second-order valence-corrected chi connectivity index (χ2v) is 11.8. The van der Waals surface area contributed by atoms with Crippen LogP contribution in [0.5, 0.6) is 11.5 Å². The number of ketones is 2. The fraction of sp³-hybridized carbons (Fsp3) is 0.353. The third kappa shape index (κ3) is 4.25. The minimum absolute atomic E-state index is 0.0374. The summed E-state index contributed by atoms with van der Waals surface area (Å²) in [4.78, 5) is 58.4. The first-order chi connectivity index (χ1) is 20.8. The summed E-state index contributed by atoms with van der Waals surface area (Å²) in [6, 6.07) is 12.3. The second-order valence-electron chi connectivity index (χ2n) is 11.8. The topological polar surface area (TPSA) is 113 Å². The predicted octanol–water partition coefficient (Wildman–Crippen LogP) is 3.87. The number of imide groups is 1. The van der Waals surface area contributed by atoms with Crippen LogP contribution in [0.1, 0.15) is 31.2 Å². The smallest absolute Gasteiger partial charge is 0.238 e. The number of phenols is 1. The van der Waals surface area contributed by atoms with Gasteiger partial charge in [-0.25, -0.2) is 0 Å². The Morgan fingerprint density at radius 2 is 1.65 bits per heavy atom. The molecule has 3 aliphatic carbocycles. The lowest BCUT2D eigenvalue weighted by atomic mass is 9.59. The molecule has 2 aromatic rings. The molecule has 0 aromatic heterocycles. The molecule has 7 rings (SSSR count). The zero-order valence-electron chi connectivity index (χ0n) is 24.0. The number of carbonyl (C=O) groups is 4. The van der Waals surface area contributed by atoms with Gasteiger partial charge in [-0.05, 0) is 74.2 Å². The first-order valence-electron chi connectivity index (χ1n) is 14.7. The van der Waals surface area contributed by atoms with Gasteiger partial charge < -0.3 is 19.5 Å². The number of amides is 2. The first-order valence-corrected chi connectivity index (χ1v) is 14.7. The first kappa shape index (κ1) is 27.3. The molecule has 2 aliphatic heterocycles. The fourth-order valence-electron chi connectivity index (χ4n) is 7.50. The predicted molar refractivity (Wildman–Crippen MR) is 158 cm³/mol. The Morgan fingerprint density at radius 3 is 2.37 bits per heavy atom. The summed E-state index contributed by atoms with van der Waals surface area (Å²) in [5, 5.41) is 11.0. The molecular weight excluding hydrogens is 548 g/mol. The van der Waals surface area contributed by atoms with Crippen LogP contribution >= 0.6 is 0 Å². The zero-order chi connectivity index (χ0) is 30.0. The van der Waals surface area contributed by atoms with Gasteiger partial charge in [0.25, 0.3) is 0 Å². The molecule has 0 radical (unpaired) electrons. The van der Waals surface area contributed by atoms with Crippen LogP contribution in [0, 0.1) is 17.8 Å². The van der Waals surface area contributed by atoms with Gasteiger partial charge in [-0.1, -0.05) is 11.6 Å². The van der Waals surface area contributed by atoms with Crippen molar-refractivity contribution in [1.82, 2.24) is 0 Å². The van der Waals surface area contributed by atoms with Crippen molar-refractivity contribution in [2.45, 2.75) is 25.7 Å². The van der Waals surface area contributed by atoms with Crippen molar-refractivity contribution in [3.63, 3.8) is 0 Å². The van der Waals surface area contributed by atoms with E-state index in [9.17, 15) is 24.3 Å². The molecule has 4 unspecified atom stereocenters. The number of aromatic hydroxyl groups is 1. The number of anilines is 2. The molecule has 0 spiro atoms. The van der Waals surface area contributed by atoms with Crippen molar-refractivity contribution in [3.8, 4) is 11.5 Å². The Morgan fingerprint density at radius 1 is 0.930 bits per heavy atom. The number of morpholine rings is 1. The number of fused-ring (bicyclic) bond motifs is 3. The number of methoxy groups -OCH3 is 1. The number of hydrogen-bond donors (Lipinski definition) is 1. The van der Waals surface area contributed by atoms with Gasteiger partial charge in [0.2, 0.25) is 11.8 Å². The Hall–Kier alpha value is -4.50. The molecule has 2 amide bonds. The molecule has 2 heterocycles. The van der Waals surface area contributed by atoms with E-state index in [0.717, 1.165) is 24.4 Å². The number of Topliss-reactive ketones (excluding diaryl/α,β-unsaturated/α-hetero) is 1. The summed E-state index contributed by atoms with van der Waals surface area (Å²) in [6.45, 7) is 4.48. The maximum Gasteiger partial charge on any atom is 0.238 e. The van der Waals surface area contributed by atoms with E-state index in [1.807, 2.05) is 30.3 Å². The van der Waals surface area contributed by atoms with Crippen LogP contribution in [0.2, 0.25) is 0 Å². The van der Waals surface area contributed by atoms with Crippen molar-refractivity contribution in [2.24, 2.45) is 17.8 Å². The number of ether oxygens (including phenoxy) is 2. The van der Waals surface area contributed by atoms with E-state index < -0.39 is 23.7 Å². The van der Waals surface area contributed by atoms with Crippen LogP contribution in [0.25, 0.3) is 0 Å². The van der Waals surface area contributed by atoms with E-state index in [1.54, 1.807) is 19.1 Å². The normalized spacial score (nSPS) is 27.0. The van der Waals surface area contributed by atoms with Gasteiger partial charge in [-0.15, -0.1) is 0 Å². The zero-order valence-corrected chi connectivity index (χ0v) is 24.0. The highest BCUT2D eigenvalue weighted by Crippen LogP contribution is 2.56. The summed E-state index contributed by atoms with van der Waals surface area (Å²) in [5.41, 5.74) is 3.75. The molecule has 9 nitrogen and oxygen atoms in total. The van der Waals surface area contributed by atoms with Gasteiger partial charge in [-0.3, -0.25) is 24.1 Å². The van der Waals surface area contributed by atoms with E-state index in [1.165, 1.54) is 24.2 Å². The highest BCUT2D eigenvalue weighted by molar-refractivity contribution is 6.25. The van der Waals surface area contributed by atoms with Crippen molar-refractivity contribution < 1.29 is 33.8 Å². The fourth-order valence-corrected chi connectivity index (χ4v) is 7.50. The monoisotopic (exact) mass is 580 g/mol. The minimum Gasteiger partial charge on any atom is -0.508 e. The molecule has 9 heteroatoms. The van der Waals surface area contributed by atoms with Gasteiger partial charge in [0, 0.05) is 47.0 Å². The van der Waals surface area contributed by atoms with E-state index in [-0.39, 0.29) is 35.6 Å². The molecule has 0 saturated carbocycles. The average Bonchev–Trinajstić information content (AvgIpc) is 3.29. The maximum atomic E-state index is 14.2.